The molecule has 3 nitrogen and oxygen atoms in total. The third-order valence-electron chi connectivity index (χ3n) is 2.38. The SMILES string of the molecule is CCNC(CCOCC)c1ccncc1F. The van der Waals surface area contributed by atoms with Crippen LogP contribution in [0.1, 0.15) is 31.9 Å². The maximum Gasteiger partial charge on any atom is 0.146 e. The highest BCUT2D eigenvalue weighted by molar-refractivity contribution is 5.17. The average molecular weight is 226 g/mol. The Hall–Kier alpha value is -1.00. The zero-order valence-corrected chi connectivity index (χ0v) is 9.87. The maximum absolute atomic E-state index is 13.5. The number of hydrogen-bond acceptors (Lipinski definition) is 3. The van der Waals surface area contributed by atoms with Crippen LogP contribution in [0, 0.1) is 5.82 Å². The number of nitrogens with one attached hydrogen (secondary N) is 1. The monoisotopic (exact) mass is 226 g/mol. The molecule has 0 saturated carbocycles. The van der Waals surface area contributed by atoms with E-state index in [0.29, 0.717) is 18.8 Å². The summed E-state index contributed by atoms with van der Waals surface area (Å²) in [6.07, 6.45) is 3.63. The normalized spacial score (nSPS) is 12.7. The second kappa shape index (κ2) is 7.30. The summed E-state index contributed by atoms with van der Waals surface area (Å²) in [5.74, 6) is -0.259. The van der Waals surface area contributed by atoms with Gasteiger partial charge in [-0.1, -0.05) is 6.92 Å². The van der Waals surface area contributed by atoms with Crippen LogP contribution < -0.4 is 5.32 Å². The van der Waals surface area contributed by atoms with Gasteiger partial charge >= 0.3 is 0 Å². The van der Waals surface area contributed by atoms with E-state index in [9.17, 15) is 4.39 Å². The second-order valence-electron chi connectivity index (χ2n) is 3.49. The Balaban J connectivity index is 2.65. The quantitative estimate of drug-likeness (QED) is 0.724. The molecule has 1 unspecified atom stereocenters. The summed E-state index contributed by atoms with van der Waals surface area (Å²) in [6, 6.07) is 1.72. The number of pyridine rings is 1. The van der Waals surface area contributed by atoms with Crippen LogP contribution in [0.4, 0.5) is 4.39 Å². The van der Waals surface area contributed by atoms with Crippen LogP contribution in [-0.2, 0) is 4.74 Å². The first kappa shape index (κ1) is 13.1. The average Bonchev–Trinajstić information content (AvgIpc) is 2.29. The number of rotatable bonds is 7. The van der Waals surface area contributed by atoms with E-state index in [1.807, 2.05) is 13.8 Å². The predicted molar refractivity (Wildman–Crippen MR) is 61.7 cm³/mol. The fraction of sp³-hybridized carbons (Fsp3) is 0.583. The van der Waals surface area contributed by atoms with Crippen LogP contribution in [0.2, 0.25) is 0 Å². The second-order valence-corrected chi connectivity index (χ2v) is 3.49. The standard InChI is InChI=1S/C12H19FN2O/c1-3-15-12(6-8-16-4-2)10-5-7-14-9-11(10)13/h5,7,9,12,15H,3-4,6,8H2,1-2H3. The van der Waals surface area contributed by atoms with Gasteiger partial charge in [-0.3, -0.25) is 4.98 Å². The van der Waals surface area contributed by atoms with E-state index in [4.69, 9.17) is 4.74 Å². The Bertz CT molecular complexity index is 307. The Labute approximate surface area is 96.0 Å². The molecule has 0 spiro atoms. The lowest BCUT2D eigenvalue weighted by atomic mass is 10.1. The number of halogens is 1. The minimum absolute atomic E-state index is 0.000417. The van der Waals surface area contributed by atoms with Crippen molar-refractivity contribution < 1.29 is 9.13 Å². The van der Waals surface area contributed by atoms with Crippen molar-refractivity contribution >= 4 is 0 Å². The Morgan fingerprint density at radius 2 is 2.31 bits per heavy atom. The molecule has 0 radical (unpaired) electrons. The highest BCUT2D eigenvalue weighted by atomic mass is 19.1. The molecule has 4 heteroatoms. The number of ether oxygens (including phenoxy) is 1. The van der Waals surface area contributed by atoms with E-state index in [2.05, 4.69) is 10.3 Å². The molecule has 0 amide bonds. The Morgan fingerprint density at radius 1 is 1.50 bits per heavy atom. The lowest BCUT2D eigenvalue weighted by Gasteiger charge is -2.18. The van der Waals surface area contributed by atoms with Crippen molar-refractivity contribution in [1.29, 1.82) is 0 Å². The summed E-state index contributed by atoms with van der Waals surface area (Å²) < 4.78 is 18.8. The molecular formula is C12H19FN2O. The summed E-state index contributed by atoms with van der Waals surface area (Å²) in [5, 5.41) is 3.25. The zero-order valence-electron chi connectivity index (χ0n) is 9.87. The van der Waals surface area contributed by atoms with Gasteiger partial charge in [0.1, 0.15) is 5.82 Å². The minimum atomic E-state index is -0.259. The van der Waals surface area contributed by atoms with Gasteiger partial charge in [-0.25, -0.2) is 4.39 Å². The van der Waals surface area contributed by atoms with Gasteiger partial charge in [0.15, 0.2) is 0 Å². The van der Waals surface area contributed by atoms with E-state index >= 15 is 0 Å². The van der Waals surface area contributed by atoms with Crippen molar-refractivity contribution in [2.75, 3.05) is 19.8 Å². The Kier molecular flexibility index (Phi) is 5.96. The lowest BCUT2D eigenvalue weighted by molar-refractivity contribution is 0.136. The summed E-state index contributed by atoms with van der Waals surface area (Å²) in [6.45, 7) is 6.09. The molecule has 16 heavy (non-hydrogen) atoms. The van der Waals surface area contributed by atoms with Crippen LogP contribution in [-0.4, -0.2) is 24.7 Å². The van der Waals surface area contributed by atoms with Crippen molar-refractivity contribution in [3.63, 3.8) is 0 Å². The van der Waals surface area contributed by atoms with Gasteiger partial charge in [-0.2, -0.15) is 0 Å². The molecule has 0 bridgehead atoms. The van der Waals surface area contributed by atoms with Crippen LogP contribution in [0.25, 0.3) is 0 Å². The highest BCUT2D eigenvalue weighted by Gasteiger charge is 2.14. The van der Waals surface area contributed by atoms with Crippen molar-refractivity contribution in [3.05, 3.63) is 29.8 Å². The molecule has 0 aliphatic heterocycles. The van der Waals surface area contributed by atoms with Crippen molar-refractivity contribution in [3.8, 4) is 0 Å². The maximum atomic E-state index is 13.5. The molecule has 0 aliphatic rings. The van der Waals surface area contributed by atoms with E-state index in [1.165, 1.54) is 6.20 Å². The number of aromatic nitrogens is 1. The predicted octanol–water partition coefficient (Wildman–Crippen LogP) is 2.30. The van der Waals surface area contributed by atoms with Crippen LogP contribution in [0.3, 0.4) is 0 Å². The van der Waals surface area contributed by atoms with Crippen LogP contribution in [0.15, 0.2) is 18.5 Å². The van der Waals surface area contributed by atoms with Gasteiger partial charge in [-0.05, 0) is 26.0 Å². The van der Waals surface area contributed by atoms with Gasteiger partial charge in [-0.15, -0.1) is 0 Å². The summed E-state index contributed by atoms with van der Waals surface area (Å²) in [7, 11) is 0. The lowest BCUT2D eigenvalue weighted by Crippen LogP contribution is -2.23. The van der Waals surface area contributed by atoms with Crippen LogP contribution >= 0.6 is 0 Å². The molecule has 0 aromatic carbocycles. The Morgan fingerprint density at radius 3 is 2.94 bits per heavy atom. The largest absolute Gasteiger partial charge is 0.382 e. The van der Waals surface area contributed by atoms with Gasteiger partial charge in [0.2, 0.25) is 0 Å². The molecule has 0 fully saturated rings. The fourth-order valence-electron chi connectivity index (χ4n) is 1.63. The zero-order chi connectivity index (χ0) is 11.8. The minimum Gasteiger partial charge on any atom is -0.382 e. The van der Waals surface area contributed by atoms with E-state index in [-0.39, 0.29) is 11.9 Å². The number of hydrogen-bond donors (Lipinski definition) is 1. The molecular weight excluding hydrogens is 207 g/mol. The first-order valence-corrected chi connectivity index (χ1v) is 5.70. The van der Waals surface area contributed by atoms with Crippen LogP contribution in [0.5, 0.6) is 0 Å². The van der Waals surface area contributed by atoms with E-state index < -0.39 is 0 Å². The third-order valence-corrected chi connectivity index (χ3v) is 2.38. The molecule has 0 aliphatic carbocycles. The summed E-state index contributed by atoms with van der Waals surface area (Å²) in [5.41, 5.74) is 0.663. The number of nitrogens with zero attached hydrogens (tertiary/aromatic N) is 1. The molecule has 1 rings (SSSR count). The van der Waals surface area contributed by atoms with Gasteiger partial charge in [0.05, 0.1) is 6.20 Å². The van der Waals surface area contributed by atoms with Gasteiger partial charge in [0, 0.05) is 31.0 Å². The molecule has 1 heterocycles. The molecule has 1 aromatic heterocycles. The topological polar surface area (TPSA) is 34.1 Å². The molecule has 1 atom stereocenters. The van der Waals surface area contributed by atoms with Crippen molar-refractivity contribution in [1.82, 2.24) is 10.3 Å². The smallest absolute Gasteiger partial charge is 0.146 e. The van der Waals surface area contributed by atoms with E-state index in [0.717, 1.165) is 13.0 Å². The molecule has 90 valence electrons. The highest BCUT2D eigenvalue weighted by Crippen LogP contribution is 2.19. The third kappa shape index (κ3) is 3.87. The summed E-state index contributed by atoms with van der Waals surface area (Å²) >= 11 is 0. The first-order valence-electron chi connectivity index (χ1n) is 5.70. The molecule has 1 N–H and O–H groups in total. The van der Waals surface area contributed by atoms with E-state index in [1.54, 1.807) is 12.3 Å². The van der Waals surface area contributed by atoms with Gasteiger partial charge in [0.25, 0.3) is 0 Å². The summed E-state index contributed by atoms with van der Waals surface area (Å²) in [4.78, 5) is 3.75. The van der Waals surface area contributed by atoms with Gasteiger partial charge < -0.3 is 10.1 Å². The first-order chi connectivity index (χ1) is 7.79. The molecule has 1 aromatic rings. The van der Waals surface area contributed by atoms with Crippen molar-refractivity contribution in [2.45, 2.75) is 26.3 Å². The fourth-order valence-corrected chi connectivity index (χ4v) is 1.63. The molecule has 0 saturated heterocycles. The van der Waals surface area contributed by atoms with Crippen molar-refractivity contribution in [2.24, 2.45) is 0 Å².